The van der Waals surface area contributed by atoms with E-state index in [0.717, 1.165) is 77.5 Å². The molecule has 0 unspecified atom stereocenters. The van der Waals surface area contributed by atoms with Crippen LogP contribution < -0.4 is 24.3 Å². The fraction of sp³-hybridized carbons (Fsp3) is 0.483. The number of ether oxygens (including phenoxy) is 4. The van der Waals surface area contributed by atoms with E-state index in [9.17, 15) is 0 Å². The molecule has 5 rings (SSSR count). The number of nitrogens with zero attached hydrogens (tertiary/aromatic N) is 2. The summed E-state index contributed by atoms with van der Waals surface area (Å²) in [5, 5.41) is 4.75. The molecule has 1 fully saturated rings. The van der Waals surface area contributed by atoms with Gasteiger partial charge in [-0.2, -0.15) is 0 Å². The molecule has 0 amide bonds. The van der Waals surface area contributed by atoms with Gasteiger partial charge in [-0.05, 0) is 80.9 Å². The van der Waals surface area contributed by atoms with Gasteiger partial charge in [-0.3, -0.25) is 0 Å². The van der Waals surface area contributed by atoms with Gasteiger partial charge in [0.2, 0.25) is 0 Å². The minimum atomic E-state index is 0.619. The largest absolute Gasteiger partial charge is 0.497 e. The van der Waals surface area contributed by atoms with Crippen molar-refractivity contribution < 1.29 is 18.9 Å². The maximum Gasteiger partial charge on any atom is 0.163 e. The smallest absolute Gasteiger partial charge is 0.163 e. The first-order valence-corrected chi connectivity index (χ1v) is 13.0. The van der Waals surface area contributed by atoms with E-state index >= 15 is 0 Å². The van der Waals surface area contributed by atoms with E-state index in [2.05, 4.69) is 16.3 Å². The lowest BCUT2D eigenvalue weighted by atomic mass is 10.0. The van der Waals surface area contributed by atoms with Crippen LogP contribution in [0.5, 0.6) is 23.0 Å². The second kappa shape index (κ2) is 11.2. The SMILES string of the molecule is COc1ccc(CNc2nc3cc(OCCCN4CCCC4)c(OC)cc3c3c2CCC3)c(OC)c1. The van der Waals surface area contributed by atoms with Gasteiger partial charge in [0, 0.05) is 36.2 Å². The molecule has 2 aromatic carbocycles. The van der Waals surface area contributed by atoms with Gasteiger partial charge in [-0.15, -0.1) is 0 Å². The molecule has 7 nitrogen and oxygen atoms in total. The molecule has 36 heavy (non-hydrogen) atoms. The van der Waals surface area contributed by atoms with Crippen LogP contribution in [-0.4, -0.2) is 57.5 Å². The van der Waals surface area contributed by atoms with Crippen molar-refractivity contribution in [2.75, 3.05) is 52.9 Å². The highest BCUT2D eigenvalue weighted by Crippen LogP contribution is 2.39. The number of rotatable bonds is 11. The molecule has 1 aromatic heterocycles. The highest BCUT2D eigenvalue weighted by atomic mass is 16.5. The Morgan fingerprint density at radius 3 is 2.44 bits per heavy atom. The normalized spacial score (nSPS) is 15.2. The van der Waals surface area contributed by atoms with Crippen molar-refractivity contribution in [1.29, 1.82) is 0 Å². The number of fused-ring (bicyclic) bond motifs is 3. The Hall–Kier alpha value is -3.19. The van der Waals surface area contributed by atoms with Crippen molar-refractivity contribution in [2.24, 2.45) is 0 Å². The van der Waals surface area contributed by atoms with Crippen molar-refractivity contribution in [2.45, 2.75) is 45.1 Å². The van der Waals surface area contributed by atoms with Crippen molar-refractivity contribution >= 4 is 16.7 Å². The zero-order chi connectivity index (χ0) is 24.9. The summed E-state index contributed by atoms with van der Waals surface area (Å²) in [6.45, 7) is 4.81. The molecule has 0 spiro atoms. The molecule has 1 N–H and O–H groups in total. The summed E-state index contributed by atoms with van der Waals surface area (Å²) in [5.74, 6) is 4.07. The lowest BCUT2D eigenvalue weighted by Gasteiger charge is -2.18. The fourth-order valence-corrected chi connectivity index (χ4v) is 5.45. The number of pyridine rings is 1. The monoisotopic (exact) mass is 491 g/mol. The summed E-state index contributed by atoms with van der Waals surface area (Å²) in [4.78, 5) is 7.57. The lowest BCUT2D eigenvalue weighted by molar-refractivity contribution is 0.254. The van der Waals surface area contributed by atoms with Crippen LogP contribution in [0.25, 0.3) is 10.9 Å². The zero-order valence-electron chi connectivity index (χ0n) is 21.7. The van der Waals surface area contributed by atoms with Crippen molar-refractivity contribution in [3.8, 4) is 23.0 Å². The first-order chi connectivity index (χ1) is 17.7. The van der Waals surface area contributed by atoms with E-state index in [0.29, 0.717) is 13.2 Å². The summed E-state index contributed by atoms with van der Waals surface area (Å²) in [5.41, 5.74) is 4.67. The summed E-state index contributed by atoms with van der Waals surface area (Å²) in [6.07, 6.45) is 6.85. The minimum absolute atomic E-state index is 0.619. The molecule has 0 saturated carbocycles. The Balaban J connectivity index is 1.37. The third-order valence-corrected chi connectivity index (χ3v) is 7.36. The maximum absolute atomic E-state index is 6.20. The Bertz CT molecular complexity index is 1210. The highest BCUT2D eigenvalue weighted by Gasteiger charge is 2.22. The molecule has 1 saturated heterocycles. The number of methoxy groups -OCH3 is 3. The van der Waals surface area contributed by atoms with Gasteiger partial charge < -0.3 is 29.2 Å². The third-order valence-electron chi connectivity index (χ3n) is 7.36. The highest BCUT2D eigenvalue weighted by molar-refractivity contribution is 5.89. The number of nitrogens with one attached hydrogen (secondary N) is 1. The Labute approximate surface area is 213 Å². The molecule has 0 atom stereocenters. The van der Waals surface area contributed by atoms with Crippen LogP contribution in [-0.2, 0) is 19.4 Å². The van der Waals surface area contributed by atoms with Crippen molar-refractivity contribution in [1.82, 2.24) is 9.88 Å². The first-order valence-electron chi connectivity index (χ1n) is 13.0. The van der Waals surface area contributed by atoms with Gasteiger partial charge in [0.1, 0.15) is 17.3 Å². The van der Waals surface area contributed by atoms with Crippen LogP contribution in [0.3, 0.4) is 0 Å². The van der Waals surface area contributed by atoms with Gasteiger partial charge in [0.25, 0.3) is 0 Å². The minimum Gasteiger partial charge on any atom is -0.497 e. The molecule has 2 heterocycles. The van der Waals surface area contributed by atoms with E-state index in [1.165, 1.54) is 37.1 Å². The van der Waals surface area contributed by atoms with Crippen LogP contribution in [0.2, 0.25) is 0 Å². The summed E-state index contributed by atoms with van der Waals surface area (Å²) >= 11 is 0. The third kappa shape index (κ3) is 5.16. The van der Waals surface area contributed by atoms with E-state index < -0.39 is 0 Å². The van der Waals surface area contributed by atoms with Crippen LogP contribution in [0.4, 0.5) is 5.82 Å². The van der Waals surface area contributed by atoms with Gasteiger partial charge in [0.15, 0.2) is 11.5 Å². The first kappa shape index (κ1) is 24.5. The molecule has 1 aliphatic heterocycles. The standard InChI is InChI=1S/C29H37N3O4/c1-33-21-11-10-20(26(16-21)34-2)19-30-29-23-9-6-8-22(23)24-17-27(35-3)28(18-25(24)31-29)36-15-7-14-32-12-4-5-13-32/h10-11,16-18H,4-9,12-15,19H2,1-3H3,(H,30,31). The van der Waals surface area contributed by atoms with E-state index in [1.54, 1.807) is 21.3 Å². The van der Waals surface area contributed by atoms with Gasteiger partial charge >= 0.3 is 0 Å². The molecule has 0 radical (unpaired) electrons. The molecule has 0 bridgehead atoms. The predicted molar refractivity (Wildman–Crippen MR) is 143 cm³/mol. The predicted octanol–water partition coefficient (Wildman–Crippen LogP) is 5.23. The van der Waals surface area contributed by atoms with Crippen LogP contribution >= 0.6 is 0 Å². The average molecular weight is 492 g/mol. The Morgan fingerprint density at radius 2 is 1.67 bits per heavy atom. The lowest BCUT2D eigenvalue weighted by Crippen LogP contribution is -2.21. The maximum atomic E-state index is 6.20. The fourth-order valence-electron chi connectivity index (χ4n) is 5.45. The number of hydrogen-bond acceptors (Lipinski definition) is 7. The number of aryl methyl sites for hydroxylation is 1. The summed E-state index contributed by atoms with van der Waals surface area (Å²) in [7, 11) is 5.06. The molecular weight excluding hydrogens is 454 g/mol. The van der Waals surface area contributed by atoms with E-state index in [4.69, 9.17) is 23.9 Å². The quantitative estimate of drug-likeness (QED) is 0.369. The average Bonchev–Trinajstić information content (AvgIpc) is 3.62. The van der Waals surface area contributed by atoms with Crippen LogP contribution in [0.15, 0.2) is 30.3 Å². The number of hydrogen-bond donors (Lipinski definition) is 1. The number of likely N-dealkylation sites (tertiary alicyclic amines) is 1. The van der Waals surface area contributed by atoms with Crippen LogP contribution in [0.1, 0.15) is 42.4 Å². The molecular formula is C29H37N3O4. The van der Waals surface area contributed by atoms with E-state index in [-0.39, 0.29) is 0 Å². The second-order valence-corrected chi connectivity index (χ2v) is 9.57. The van der Waals surface area contributed by atoms with Gasteiger partial charge in [-0.1, -0.05) is 0 Å². The second-order valence-electron chi connectivity index (χ2n) is 9.57. The van der Waals surface area contributed by atoms with Gasteiger partial charge in [-0.25, -0.2) is 4.98 Å². The number of benzene rings is 2. The van der Waals surface area contributed by atoms with Crippen molar-refractivity contribution in [3.63, 3.8) is 0 Å². The number of anilines is 1. The topological polar surface area (TPSA) is 65.1 Å². The van der Waals surface area contributed by atoms with E-state index in [1.807, 2.05) is 24.3 Å². The molecule has 2 aliphatic rings. The summed E-state index contributed by atoms with van der Waals surface area (Å²) in [6, 6.07) is 10.1. The van der Waals surface area contributed by atoms with Crippen LogP contribution in [0, 0.1) is 0 Å². The summed E-state index contributed by atoms with van der Waals surface area (Å²) < 4.78 is 22.8. The number of aromatic nitrogens is 1. The molecule has 3 aromatic rings. The van der Waals surface area contributed by atoms with Crippen molar-refractivity contribution in [3.05, 3.63) is 47.0 Å². The molecule has 192 valence electrons. The molecule has 7 heteroatoms. The zero-order valence-corrected chi connectivity index (χ0v) is 21.7. The molecule has 1 aliphatic carbocycles. The Kier molecular flexibility index (Phi) is 7.66. The van der Waals surface area contributed by atoms with Gasteiger partial charge in [0.05, 0.1) is 33.5 Å². The Morgan fingerprint density at radius 1 is 0.861 bits per heavy atom.